The Labute approximate surface area is 120 Å². The van der Waals surface area contributed by atoms with E-state index in [-0.39, 0.29) is 17.7 Å². The first-order valence-electron chi connectivity index (χ1n) is 7.78. The number of nitrogens with one attached hydrogen (secondary N) is 1. The number of likely N-dealkylation sites (N-methyl/N-ethyl adjacent to an activating group) is 1. The van der Waals surface area contributed by atoms with E-state index in [1.54, 1.807) is 0 Å². The van der Waals surface area contributed by atoms with E-state index in [2.05, 4.69) is 17.3 Å². The fourth-order valence-corrected chi connectivity index (χ4v) is 3.37. The first kappa shape index (κ1) is 15.3. The number of carbonyl (C=O) groups excluding carboxylic acids is 1. The highest BCUT2D eigenvalue weighted by Crippen LogP contribution is 2.29. The number of nitrogens with zero attached hydrogens (tertiary/aromatic N) is 1. The normalized spacial score (nSPS) is 31.8. The molecule has 5 nitrogen and oxygen atoms in total. The summed E-state index contributed by atoms with van der Waals surface area (Å²) < 4.78 is 0. The van der Waals surface area contributed by atoms with Crippen molar-refractivity contribution in [2.24, 2.45) is 11.8 Å². The molecule has 1 saturated carbocycles. The Hall–Kier alpha value is -1.10. The van der Waals surface area contributed by atoms with E-state index in [1.807, 2.05) is 0 Å². The van der Waals surface area contributed by atoms with Crippen molar-refractivity contribution in [3.05, 3.63) is 0 Å². The number of likely N-dealkylation sites (tertiary alicyclic amines) is 1. The minimum absolute atomic E-state index is 0.0134. The molecule has 20 heavy (non-hydrogen) atoms. The lowest BCUT2D eigenvalue weighted by Crippen LogP contribution is -2.46. The Bertz CT molecular complexity index is 351. The number of aliphatic carboxylic acids is 1. The van der Waals surface area contributed by atoms with Gasteiger partial charge in [0.05, 0.1) is 5.92 Å². The largest absolute Gasteiger partial charge is 0.481 e. The number of carboxylic acid groups (broad SMARTS) is 1. The molecule has 0 aromatic rings. The third-order valence-corrected chi connectivity index (χ3v) is 4.88. The highest BCUT2D eigenvalue weighted by molar-refractivity contribution is 5.79. The van der Waals surface area contributed by atoms with Crippen LogP contribution in [0.4, 0.5) is 0 Å². The summed E-state index contributed by atoms with van der Waals surface area (Å²) in [5, 5.41) is 12.0. The van der Waals surface area contributed by atoms with Crippen molar-refractivity contribution in [1.29, 1.82) is 0 Å². The van der Waals surface area contributed by atoms with Gasteiger partial charge in [-0.15, -0.1) is 0 Å². The molecule has 1 heterocycles. The second-order valence-corrected chi connectivity index (χ2v) is 6.26. The molecule has 1 unspecified atom stereocenters. The quantitative estimate of drug-likeness (QED) is 0.819. The summed E-state index contributed by atoms with van der Waals surface area (Å²) in [7, 11) is 2.12. The topological polar surface area (TPSA) is 69.6 Å². The van der Waals surface area contributed by atoms with Gasteiger partial charge in [-0.2, -0.15) is 0 Å². The molecule has 2 fully saturated rings. The van der Waals surface area contributed by atoms with Crippen molar-refractivity contribution in [3.63, 3.8) is 0 Å². The number of hydrogen-bond acceptors (Lipinski definition) is 3. The third kappa shape index (κ3) is 3.95. The molecular weight excluding hydrogens is 256 g/mol. The number of carbonyl (C=O) groups is 2. The number of piperidine rings is 1. The van der Waals surface area contributed by atoms with Crippen LogP contribution >= 0.6 is 0 Å². The minimum Gasteiger partial charge on any atom is -0.481 e. The van der Waals surface area contributed by atoms with Crippen LogP contribution in [-0.4, -0.2) is 48.1 Å². The van der Waals surface area contributed by atoms with Gasteiger partial charge in [0.2, 0.25) is 5.91 Å². The maximum atomic E-state index is 12.1. The molecule has 1 saturated heterocycles. The molecule has 2 aliphatic rings. The van der Waals surface area contributed by atoms with Crippen LogP contribution in [0.3, 0.4) is 0 Å². The fourth-order valence-electron chi connectivity index (χ4n) is 3.37. The summed E-state index contributed by atoms with van der Waals surface area (Å²) in [6.07, 6.45) is 6.34. The van der Waals surface area contributed by atoms with Gasteiger partial charge < -0.3 is 15.3 Å². The smallest absolute Gasteiger partial charge is 0.306 e. The molecule has 0 bridgehead atoms. The predicted octanol–water partition coefficient (Wildman–Crippen LogP) is 1.48. The van der Waals surface area contributed by atoms with Crippen molar-refractivity contribution in [1.82, 2.24) is 10.2 Å². The summed E-state index contributed by atoms with van der Waals surface area (Å²) in [6, 6.07) is 0.461. The van der Waals surface area contributed by atoms with E-state index in [9.17, 15) is 9.59 Å². The van der Waals surface area contributed by atoms with E-state index in [0.717, 1.165) is 19.5 Å². The van der Waals surface area contributed by atoms with E-state index >= 15 is 0 Å². The maximum absolute atomic E-state index is 12.1. The summed E-state index contributed by atoms with van der Waals surface area (Å²) in [4.78, 5) is 25.4. The molecule has 2 rings (SSSR count). The van der Waals surface area contributed by atoms with Crippen molar-refractivity contribution in [2.45, 2.75) is 51.0 Å². The van der Waals surface area contributed by atoms with E-state index < -0.39 is 5.97 Å². The Balaban J connectivity index is 1.71. The lowest BCUT2D eigenvalue weighted by atomic mass is 9.81. The molecule has 2 N–H and O–H groups in total. The number of hydrogen-bond donors (Lipinski definition) is 2. The van der Waals surface area contributed by atoms with Gasteiger partial charge in [0, 0.05) is 18.5 Å². The molecule has 5 heteroatoms. The van der Waals surface area contributed by atoms with Gasteiger partial charge in [0.15, 0.2) is 0 Å². The zero-order valence-corrected chi connectivity index (χ0v) is 12.3. The van der Waals surface area contributed by atoms with Crippen LogP contribution in [0.2, 0.25) is 0 Å². The van der Waals surface area contributed by atoms with E-state index in [0.29, 0.717) is 31.7 Å². The molecule has 1 amide bonds. The Morgan fingerprint density at radius 3 is 2.35 bits per heavy atom. The number of amides is 1. The highest BCUT2D eigenvalue weighted by atomic mass is 16.4. The SMILES string of the molecule is CN1CCCCC1CNC(=O)C1CCC(C(=O)O)CC1. The molecule has 1 aliphatic carbocycles. The molecule has 0 radical (unpaired) electrons. The first-order valence-corrected chi connectivity index (χ1v) is 7.78. The van der Waals surface area contributed by atoms with Crippen molar-refractivity contribution >= 4 is 11.9 Å². The second kappa shape index (κ2) is 7.07. The minimum atomic E-state index is -0.715. The van der Waals surface area contributed by atoms with Crippen LogP contribution in [-0.2, 0) is 9.59 Å². The molecule has 0 aromatic heterocycles. The zero-order valence-electron chi connectivity index (χ0n) is 12.3. The van der Waals surface area contributed by atoms with Gasteiger partial charge >= 0.3 is 5.97 Å². The Morgan fingerprint density at radius 2 is 1.75 bits per heavy atom. The standard InChI is InChI=1S/C15H26N2O3/c1-17-9-3-2-4-13(17)10-16-14(18)11-5-7-12(8-6-11)15(19)20/h11-13H,2-10H2,1H3,(H,16,18)(H,19,20). The maximum Gasteiger partial charge on any atom is 0.306 e. The van der Waals surface area contributed by atoms with Gasteiger partial charge in [-0.3, -0.25) is 9.59 Å². The van der Waals surface area contributed by atoms with Gasteiger partial charge in [0.1, 0.15) is 0 Å². The van der Waals surface area contributed by atoms with Gasteiger partial charge in [0.25, 0.3) is 0 Å². The molecule has 0 aromatic carbocycles. The lowest BCUT2D eigenvalue weighted by Gasteiger charge is -2.33. The van der Waals surface area contributed by atoms with E-state index in [4.69, 9.17) is 5.11 Å². The lowest BCUT2D eigenvalue weighted by molar-refractivity contribution is -0.144. The Kier molecular flexibility index (Phi) is 5.40. The Morgan fingerprint density at radius 1 is 1.10 bits per heavy atom. The summed E-state index contributed by atoms with van der Waals surface area (Å²) in [5.74, 6) is -0.830. The first-order chi connectivity index (χ1) is 9.58. The number of carboxylic acids is 1. The second-order valence-electron chi connectivity index (χ2n) is 6.26. The predicted molar refractivity (Wildman–Crippen MR) is 76.4 cm³/mol. The van der Waals surface area contributed by atoms with Crippen LogP contribution in [0.1, 0.15) is 44.9 Å². The number of rotatable bonds is 4. The van der Waals surface area contributed by atoms with Crippen LogP contribution in [0.25, 0.3) is 0 Å². The van der Waals surface area contributed by atoms with Crippen molar-refractivity contribution in [2.75, 3.05) is 20.1 Å². The summed E-state index contributed by atoms with van der Waals surface area (Å²) in [5.41, 5.74) is 0. The summed E-state index contributed by atoms with van der Waals surface area (Å²) >= 11 is 0. The summed E-state index contributed by atoms with van der Waals surface area (Å²) in [6.45, 7) is 1.85. The third-order valence-electron chi connectivity index (χ3n) is 4.88. The molecule has 1 aliphatic heterocycles. The molecule has 0 spiro atoms. The molecular formula is C15H26N2O3. The van der Waals surface area contributed by atoms with Crippen LogP contribution in [0, 0.1) is 11.8 Å². The highest BCUT2D eigenvalue weighted by Gasteiger charge is 2.30. The van der Waals surface area contributed by atoms with Crippen molar-refractivity contribution in [3.8, 4) is 0 Å². The van der Waals surface area contributed by atoms with Gasteiger partial charge in [-0.05, 0) is 52.1 Å². The van der Waals surface area contributed by atoms with E-state index in [1.165, 1.54) is 12.8 Å². The van der Waals surface area contributed by atoms with Crippen molar-refractivity contribution < 1.29 is 14.7 Å². The molecule has 1 atom stereocenters. The van der Waals surface area contributed by atoms with Crippen LogP contribution in [0.5, 0.6) is 0 Å². The fraction of sp³-hybridized carbons (Fsp3) is 0.867. The van der Waals surface area contributed by atoms with Crippen LogP contribution < -0.4 is 5.32 Å². The molecule has 114 valence electrons. The monoisotopic (exact) mass is 282 g/mol. The average Bonchev–Trinajstić information content (AvgIpc) is 2.46. The van der Waals surface area contributed by atoms with Gasteiger partial charge in [-0.25, -0.2) is 0 Å². The zero-order chi connectivity index (χ0) is 14.5. The van der Waals surface area contributed by atoms with Gasteiger partial charge in [-0.1, -0.05) is 6.42 Å². The van der Waals surface area contributed by atoms with Crippen LogP contribution in [0.15, 0.2) is 0 Å². The average molecular weight is 282 g/mol.